The number of fused-ring (bicyclic) bond motifs is 1. The molecular formula is C21H22F2N4O3S. The Morgan fingerprint density at radius 2 is 1.74 bits per heavy atom. The fraction of sp³-hybridized carbons (Fsp3) is 0.381. The van der Waals surface area contributed by atoms with Gasteiger partial charge in [0.1, 0.15) is 5.52 Å². The summed E-state index contributed by atoms with van der Waals surface area (Å²) in [5.74, 6) is -1.54. The standard InChI is InChI=1S/C21H22F2N4O3S/c1-28-14-9-15(29-2)18(23)16(17(14)22)13-8-11-10-24-21(31-3)27-19(11)20(26-13)25-12-4-6-30-7-5-12/h8-10,12H,4-7H2,1-3H3,(H,25,26). The second-order valence-electron chi connectivity index (χ2n) is 6.97. The molecular weight excluding hydrogens is 426 g/mol. The molecule has 31 heavy (non-hydrogen) atoms. The van der Waals surface area contributed by atoms with E-state index in [1.54, 1.807) is 12.3 Å². The van der Waals surface area contributed by atoms with Crippen molar-refractivity contribution >= 4 is 28.5 Å². The highest BCUT2D eigenvalue weighted by atomic mass is 32.2. The van der Waals surface area contributed by atoms with Crippen LogP contribution in [-0.2, 0) is 4.74 Å². The predicted octanol–water partition coefficient (Wildman–Crippen LogP) is 4.30. The van der Waals surface area contributed by atoms with E-state index in [1.807, 2.05) is 6.26 Å². The monoisotopic (exact) mass is 448 g/mol. The van der Waals surface area contributed by atoms with Crippen LogP contribution in [0.3, 0.4) is 0 Å². The largest absolute Gasteiger partial charge is 0.494 e. The van der Waals surface area contributed by atoms with Gasteiger partial charge in [0, 0.05) is 36.9 Å². The van der Waals surface area contributed by atoms with Crippen LogP contribution in [0.4, 0.5) is 14.6 Å². The van der Waals surface area contributed by atoms with E-state index in [2.05, 4.69) is 20.3 Å². The van der Waals surface area contributed by atoms with Gasteiger partial charge in [0.2, 0.25) is 0 Å². The van der Waals surface area contributed by atoms with Crippen molar-refractivity contribution < 1.29 is 23.0 Å². The summed E-state index contributed by atoms with van der Waals surface area (Å²) in [6, 6.07) is 2.85. The van der Waals surface area contributed by atoms with Crippen LogP contribution in [0.5, 0.6) is 11.5 Å². The molecule has 0 unspecified atom stereocenters. The highest BCUT2D eigenvalue weighted by Crippen LogP contribution is 2.38. The van der Waals surface area contributed by atoms with Gasteiger partial charge < -0.3 is 19.5 Å². The van der Waals surface area contributed by atoms with Gasteiger partial charge in [-0.25, -0.2) is 23.7 Å². The Bertz CT molecular complexity index is 1080. The number of ether oxygens (including phenoxy) is 3. The highest BCUT2D eigenvalue weighted by molar-refractivity contribution is 7.98. The van der Waals surface area contributed by atoms with E-state index in [4.69, 9.17) is 14.2 Å². The highest BCUT2D eigenvalue weighted by Gasteiger charge is 2.25. The predicted molar refractivity (Wildman–Crippen MR) is 115 cm³/mol. The molecule has 3 aromatic rings. The number of halogens is 2. The van der Waals surface area contributed by atoms with Crippen LogP contribution in [0, 0.1) is 11.6 Å². The van der Waals surface area contributed by atoms with Gasteiger partial charge in [0.05, 0.1) is 25.5 Å². The fourth-order valence-corrected chi connectivity index (χ4v) is 3.84. The summed E-state index contributed by atoms with van der Waals surface area (Å²) < 4.78 is 45.8. The molecule has 1 aliphatic heterocycles. The summed E-state index contributed by atoms with van der Waals surface area (Å²) in [5.41, 5.74) is 0.349. The summed E-state index contributed by atoms with van der Waals surface area (Å²) >= 11 is 1.40. The number of aromatic nitrogens is 3. The Balaban J connectivity index is 1.91. The first-order valence-corrected chi connectivity index (χ1v) is 10.9. The molecule has 1 aromatic carbocycles. The zero-order valence-electron chi connectivity index (χ0n) is 17.4. The number of thioether (sulfide) groups is 1. The van der Waals surface area contributed by atoms with E-state index in [9.17, 15) is 0 Å². The van der Waals surface area contributed by atoms with Gasteiger partial charge in [-0.05, 0) is 25.2 Å². The number of nitrogens with zero attached hydrogens (tertiary/aromatic N) is 3. The molecule has 1 saturated heterocycles. The molecule has 2 aromatic heterocycles. The molecule has 0 amide bonds. The molecule has 0 bridgehead atoms. The van der Waals surface area contributed by atoms with Crippen molar-refractivity contribution in [3.05, 3.63) is 30.0 Å². The molecule has 1 N–H and O–H groups in total. The van der Waals surface area contributed by atoms with Gasteiger partial charge in [-0.2, -0.15) is 0 Å². The van der Waals surface area contributed by atoms with Gasteiger partial charge >= 0.3 is 0 Å². The number of benzene rings is 1. The maximum atomic E-state index is 15.1. The molecule has 0 spiro atoms. The van der Waals surface area contributed by atoms with Crippen molar-refractivity contribution in [1.82, 2.24) is 15.0 Å². The summed E-state index contributed by atoms with van der Waals surface area (Å²) in [6.07, 6.45) is 5.09. The van der Waals surface area contributed by atoms with Crippen LogP contribution < -0.4 is 14.8 Å². The first kappa shape index (κ1) is 21.5. The van der Waals surface area contributed by atoms with E-state index < -0.39 is 11.6 Å². The first-order chi connectivity index (χ1) is 15.0. The minimum absolute atomic E-state index is 0.0924. The molecule has 4 rings (SSSR count). The minimum Gasteiger partial charge on any atom is -0.494 e. The summed E-state index contributed by atoms with van der Waals surface area (Å²) in [7, 11) is 2.62. The van der Waals surface area contributed by atoms with Gasteiger partial charge in [0.15, 0.2) is 34.1 Å². The fourth-order valence-electron chi connectivity index (χ4n) is 3.50. The summed E-state index contributed by atoms with van der Waals surface area (Å²) in [4.78, 5) is 13.4. The Kier molecular flexibility index (Phi) is 6.38. The van der Waals surface area contributed by atoms with Crippen LogP contribution in [0.25, 0.3) is 22.2 Å². The first-order valence-electron chi connectivity index (χ1n) is 9.72. The number of nitrogens with one attached hydrogen (secondary N) is 1. The molecule has 0 radical (unpaired) electrons. The maximum absolute atomic E-state index is 15.1. The van der Waals surface area contributed by atoms with Crippen LogP contribution in [0.1, 0.15) is 12.8 Å². The average Bonchev–Trinajstić information content (AvgIpc) is 2.80. The quantitative estimate of drug-likeness (QED) is 0.442. The number of rotatable bonds is 6. The van der Waals surface area contributed by atoms with Crippen molar-refractivity contribution in [3.8, 4) is 22.8 Å². The molecule has 0 saturated carbocycles. The van der Waals surface area contributed by atoms with Gasteiger partial charge in [-0.15, -0.1) is 0 Å². The van der Waals surface area contributed by atoms with Crippen molar-refractivity contribution in [3.63, 3.8) is 0 Å². The molecule has 7 nitrogen and oxygen atoms in total. The lowest BCUT2D eigenvalue weighted by Crippen LogP contribution is -2.28. The number of hydrogen-bond donors (Lipinski definition) is 1. The Labute approximate surface area is 182 Å². The normalized spacial score (nSPS) is 14.6. The van der Waals surface area contributed by atoms with Crippen molar-refractivity contribution in [2.45, 2.75) is 24.0 Å². The molecule has 164 valence electrons. The smallest absolute Gasteiger partial charge is 0.187 e. The second-order valence-corrected chi connectivity index (χ2v) is 7.74. The maximum Gasteiger partial charge on any atom is 0.187 e. The molecule has 3 heterocycles. The third-order valence-corrected chi connectivity index (χ3v) is 5.68. The van der Waals surface area contributed by atoms with E-state index >= 15 is 8.78 Å². The lowest BCUT2D eigenvalue weighted by molar-refractivity contribution is 0.0904. The third kappa shape index (κ3) is 4.22. The van der Waals surface area contributed by atoms with Crippen molar-refractivity contribution in [2.75, 3.05) is 39.0 Å². The molecule has 0 atom stereocenters. The number of pyridine rings is 1. The second kappa shape index (κ2) is 9.19. The Morgan fingerprint density at radius 1 is 1.06 bits per heavy atom. The third-order valence-electron chi connectivity index (χ3n) is 5.12. The summed E-state index contributed by atoms with van der Waals surface area (Å²) in [6.45, 7) is 1.27. The average molecular weight is 448 g/mol. The van der Waals surface area contributed by atoms with Crippen LogP contribution in [0.2, 0.25) is 0 Å². The zero-order valence-corrected chi connectivity index (χ0v) is 18.2. The molecule has 1 fully saturated rings. The van der Waals surface area contributed by atoms with E-state index in [-0.39, 0.29) is 28.8 Å². The lowest BCUT2D eigenvalue weighted by atomic mass is 10.1. The van der Waals surface area contributed by atoms with Crippen LogP contribution >= 0.6 is 11.8 Å². The van der Waals surface area contributed by atoms with E-state index in [0.717, 1.165) is 12.8 Å². The number of methoxy groups -OCH3 is 2. The number of hydrogen-bond acceptors (Lipinski definition) is 8. The molecule has 0 aliphatic carbocycles. The SMILES string of the molecule is COc1cc(OC)c(F)c(-c2cc3cnc(SC)nc3c(NC3CCOCC3)n2)c1F. The van der Waals surface area contributed by atoms with Gasteiger partial charge in [-0.1, -0.05) is 11.8 Å². The van der Waals surface area contributed by atoms with Crippen LogP contribution in [0.15, 0.2) is 23.5 Å². The van der Waals surface area contributed by atoms with E-state index in [0.29, 0.717) is 35.1 Å². The van der Waals surface area contributed by atoms with Crippen molar-refractivity contribution in [2.24, 2.45) is 0 Å². The topological polar surface area (TPSA) is 78.4 Å². The lowest BCUT2D eigenvalue weighted by Gasteiger charge is -2.24. The van der Waals surface area contributed by atoms with Crippen LogP contribution in [-0.4, -0.2) is 54.7 Å². The molecule has 1 aliphatic rings. The Morgan fingerprint density at radius 3 is 2.35 bits per heavy atom. The van der Waals surface area contributed by atoms with Gasteiger partial charge in [0.25, 0.3) is 0 Å². The zero-order chi connectivity index (χ0) is 22.0. The van der Waals surface area contributed by atoms with E-state index in [1.165, 1.54) is 32.0 Å². The van der Waals surface area contributed by atoms with Crippen molar-refractivity contribution in [1.29, 1.82) is 0 Å². The minimum atomic E-state index is -0.855. The Hall–Kier alpha value is -2.72. The van der Waals surface area contributed by atoms with Gasteiger partial charge in [-0.3, -0.25) is 0 Å². The molecule has 10 heteroatoms. The number of anilines is 1. The summed E-state index contributed by atoms with van der Waals surface area (Å²) in [5, 5.41) is 4.57.